The van der Waals surface area contributed by atoms with Gasteiger partial charge in [-0.1, -0.05) is 18.1 Å². The number of aromatic nitrogens is 2. The first kappa shape index (κ1) is 23.2. The molecular formula is C19H25ClF2N4O3. The van der Waals surface area contributed by atoms with Gasteiger partial charge in [-0.3, -0.25) is 4.79 Å². The first-order chi connectivity index (χ1) is 13.5. The third-order valence-corrected chi connectivity index (χ3v) is 4.82. The lowest BCUT2D eigenvalue weighted by Crippen LogP contribution is -2.45. The van der Waals surface area contributed by atoms with E-state index in [1.807, 2.05) is 6.92 Å². The van der Waals surface area contributed by atoms with Crippen LogP contribution in [0.2, 0.25) is 0 Å². The Morgan fingerprint density at radius 2 is 2.07 bits per heavy atom. The lowest BCUT2D eigenvalue weighted by molar-refractivity contribution is -0.128. The second kappa shape index (κ2) is 10.6. The number of ether oxygens (including phenoxy) is 1. The van der Waals surface area contributed by atoms with E-state index in [9.17, 15) is 13.6 Å². The van der Waals surface area contributed by atoms with Gasteiger partial charge >= 0.3 is 0 Å². The van der Waals surface area contributed by atoms with Crippen molar-refractivity contribution in [2.24, 2.45) is 11.7 Å². The number of benzene rings is 1. The Morgan fingerprint density at radius 3 is 2.76 bits per heavy atom. The second-order valence-corrected chi connectivity index (χ2v) is 6.91. The fourth-order valence-corrected chi connectivity index (χ4v) is 3.29. The van der Waals surface area contributed by atoms with Gasteiger partial charge in [0.05, 0.1) is 12.6 Å². The maximum Gasteiger partial charge on any atom is 0.263 e. The van der Waals surface area contributed by atoms with Gasteiger partial charge < -0.3 is 20.3 Å². The number of nitrogens with one attached hydrogen (secondary N) is 1. The zero-order valence-electron chi connectivity index (χ0n) is 16.1. The van der Waals surface area contributed by atoms with E-state index >= 15 is 0 Å². The molecule has 2 aromatic rings. The molecule has 0 saturated heterocycles. The van der Waals surface area contributed by atoms with E-state index in [1.54, 1.807) is 0 Å². The van der Waals surface area contributed by atoms with E-state index in [4.69, 9.17) is 15.0 Å². The van der Waals surface area contributed by atoms with Gasteiger partial charge in [-0.15, -0.1) is 12.4 Å². The van der Waals surface area contributed by atoms with Crippen molar-refractivity contribution in [1.82, 2.24) is 15.5 Å². The SMILES string of the molecule is CCCO[C@@H]1C[C@@H](C(=O)NCc2noc(-c3c(F)cccc3F)n2)CC[C@H]1N.Cl. The van der Waals surface area contributed by atoms with E-state index < -0.39 is 11.6 Å². The summed E-state index contributed by atoms with van der Waals surface area (Å²) in [5, 5.41) is 6.43. The normalized spacial score (nSPS) is 21.4. The monoisotopic (exact) mass is 430 g/mol. The first-order valence-corrected chi connectivity index (χ1v) is 9.41. The van der Waals surface area contributed by atoms with Crippen molar-refractivity contribution < 1.29 is 22.8 Å². The molecule has 29 heavy (non-hydrogen) atoms. The molecule has 0 bridgehead atoms. The molecule has 0 aliphatic heterocycles. The van der Waals surface area contributed by atoms with Gasteiger partial charge in [-0.05, 0) is 37.8 Å². The fraction of sp³-hybridized carbons (Fsp3) is 0.526. The minimum atomic E-state index is -0.795. The van der Waals surface area contributed by atoms with E-state index in [1.165, 1.54) is 6.07 Å². The van der Waals surface area contributed by atoms with Crippen molar-refractivity contribution in [2.75, 3.05) is 6.61 Å². The molecule has 3 atom stereocenters. The molecule has 1 heterocycles. The number of amides is 1. The van der Waals surface area contributed by atoms with Crippen LogP contribution < -0.4 is 11.1 Å². The molecule has 3 N–H and O–H groups in total. The summed E-state index contributed by atoms with van der Waals surface area (Å²) >= 11 is 0. The Balaban J connectivity index is 0.00000300. The van der Waals surface area contributed by atoms with Gasteiger partial charge in [0.25, 0.3) is 5.89 Å². The Morgan fingerprint density at radius 1 is 1.34 bits per heavy atom. The molecule has 1 aromatic carbocycles. The van der Waals surface area contributed by atoms with Crippen LogP contribution in [0.1, 0.15) is 38.4 Å². The number of halogens is 3. The zero-order chi connectivity index (χ0) is 20.1. The molecular weight excluding hydrogens is 406 g/mol. The second-order valence-electron chi connectivity index (χ2n) is 6.91. The summed E-state index contributed by atoms with van der Waals surface area (Å²) < 4.78 is 38.3. The third kappa shape index (κ3) is 5.71. The molecule has 10 heteroatoms. The molecule has 0 radical (unpaired) electrons. The maximum absolute atomic E-state index is 13.8. The van der Waals surface area contributed by atoms with Gasteiger partial charge in [0, 0.05) is 18.6 Å². The van der Waals surface area contributed by atoms with Crippen molar-refractivity contribution in [1.29, 1.82) is 0 Å². The molecule has 1 aliphatic rings. The average Bonchev–Trinajstić information content (AvgIpc) is 3.14. The van der Waals surface area contributed by atoms with Crippen LogP contribution in [-0.2, 0) is 16.1 Å². The summed E-state index contributed by atoms with van der Waals surface area (Å²) in [4.78, 5) is 16.4. The van der Waals surface area contributed by atoms with Crippen LogP contribution in [-0.4, -0.2) is 34.8 Å². The van der Waals surface area contributed by atoms with Crippen LogP contribution in [0.5, 0.6) is 0 Å². The Kier molecular flexibility index (Phi) is 8.48. The standard InChI is InChI=1S/C19H24F2N4O3.ClH/c1-2-8-27-15-9-11(6-7-14(15)22)18(26)23-10-16-24-19(28-25-16)17-12(20)4-3-5-13(17)21;/h3-5,11,14-15H,2,6-10,22H2,1H3,(H,23,26);1H/t11-,14+,15+;/m0./s1. The molecule has 1 fully saturated rings. The smallest absolute Gasteiger partial charge is 0.263 e. The fourth-order valence-electron chi connectivity index (χ4n) is 3.29. The molecule has 160 valence electrons. The van der Waals surface area contributed by atoms with Gasteiger partial charge in [0.1, 0.15) is 17.2 Å². The van der Waals surface area contributed by atoms with Crippen molar-refractivity contribution >= 4 is 18.3 Å². The highest BCUT2D eigenvalue weighted by molar-refractivity contribution is 5.85. The quantitative estimate of drug-likeness (QED) is 0.700. The van der Waals surface area contributed by atoms with Crippen LogP contribution in [0.25, 0.3) is 11.5 Å². The lowest BCUT2D eigenvalue weighted by atomic mass is 9.83. The highest BCUT2D eigenvalue weighted by Gasteiger charge is 2.32. The largest absolute Gasteiger partial charge is 0.377 e. The highest BCUT2D eigenvalue weighted by atomic mass is 35.5. The number of hydrogen-bond acceptors (Lipinski definition) is 6. The molecule has 3 rings (SSSR count). The molecule has 1 aromatic heterocycles. The van der Waals surface area contributed by atoms with Crippen molar-refractivity contribution in [3.63, 3.8) is 0 Å². The van der Waals surface area contributed by atoms with Crippen molar-refractivity contribution in [2.45, 2.75) is 51.3 Å². The Bertz CT molecular complexity index is 800. The third-order valence-electron chi connectivity index (χ3n) is 4.82. The van der Waals surface area contributed by atoms with Gasteiger partial charge in [-0.2, -0.15) is 4.98 Å². The summed E-state index contributed by atoms with van der Waals surface area (Å²) in [6, 6.07) is 3.40. The molecule has 7 nitrogen and oxygen atoms in total. The van der Waals surface area contributed by atoms with Crippen LogP contribution >= 0.6 is 12.4 Å². The number of carbonyl (C=O) groups is 1. The number of hydrogen-bond donors (Lipinski definition) is 2. The molecule has 1 amide bonds. The van der Waals surface area contributed by atoms with E-state index in [2.05, 4.69) is 15.5 Å². The zero-order valence-corrected chi connectivity index (χ0v) is 16.9. The van der Waals surface area contributed by atoms with E-state index in [-0.39, 0.29) is 60.2 Å². The topological polar surface area (TPSA) is 103 Å². The molecule has 1 aliphatic carbocycles. The number of nitrogens with two attached hydrogens (primary N) is 1. The van der Waals surface area contributed by atoms with Crippen molar-refractivity contribution in [3.8, 4) is 11.5 Å². The number of rotatable bonds is 7. The lowest BCUT2D eigenvalue weighted by Gasteiger charge is -2.33. The summed E-state index contributed by atoms with van der Waals surface area (Å²) in [6.45, 7) is 2.64. The average molecular weight is 431 g/mol. The molecule has 1 saturated carbocycles. The minimum Gasteiger partial charge on any atom is -0.377 e. The maximum atomic E-state index is 13.8. The molecule has 0 unspecified atom stereocenters. The van der Waals surface area contributed by atoms with Gasteiger partial charge in [0.2, 0.25) is 5.91 Å². The van der Waals surface area contributed by atoms with E-state index in [0.29, 0.717) is 25.9 Å². The van der Waals surface area contributed by atoms with E-state index in [0.717, 1.165) is 18.6 Å². The minimum absolute atomic E-state index is 0. The van der Waals surface area contributed by atoms with Crippen LogP contribution in [0.4, 0.5) is 8.78 Å². The number of nitrogens with zero attached hydrogens (tertiary/aromatic N) is 2. The van der Waals surface area contributed by atoms with Crippen LogP contribution in [0, 0.1) is 17.6 Å². The Labute approximate surface area is 173 Å². The summed E-state index contributed by atoms with van der Waals surface area (Å²) in [5.41, 5.74) is 5.69. The van der Waals surface area contributed by atoms with Gasteiger partial charge in [0.15, 0.2) is 5.82 Å². The summed E-state index contributed by atoms with van der Waals surface area (Å²) in [6.07, 6.45) is 2.71. The van der Waals surface area contributed by atoms with Crippen molar-refractivity contribution in [3.05, 3.63) is 35.7 Å². The van der Waals surface area contributed by atoms with Crippen LogP contribution in [0.15, 0.2) is 22.7 Å². The number of carbonyl (C=O) groups excluding carboxylic acids is 1. The van der Waals surface area contributed by atoms with Gasteiger partial charge in [-0.25, -0.2) is 8.78 Å². The first-order valence-electron chi connectivity index (χ1n) is 9.41. The molecule has 0 spiro atoms. The summed E-state index contributed by atoms with van der Waals surface area (Å²) in [7, 11) is 0. The predicted molar refractivity (Wildman–Crippen MR) is 104 cm³/mol. The summed E-state index contributed by atoms with van der Waals surface area (Å²) in [5.74, 6) is -2.09. The Hall–Kier alpha value is -2.10. The highest BCUT2D eigenvalue weighted by Crippen LogP contribution is 2.27. The van der Waals surface area contributed by atoms with Crippen LogP contribution in [0.3, 0.4) is 0 Å². The predicted octanol–water partition coefficient (Wildman–Crippen LogP) is 2.98.